The van der Waals surface area contributed by atoms with Crippen molar-refractivity contribution >= 4 is 31.0 Å². The number of piperazine rings is 1. The molecule has 11 heteroatoms. The van der Waals surface area contributed by atoms with Crippen LogP contribution in [0.1, 0.15) is 16.7 Å². The van der Waals surface area contributed by atoms with Crippen LogP contribution in [0, 0.1) is 13.8 Å². The molecule has 1 aliphatic heterocycles. The number of hydrogen-bond donors (Lipinski definition) is 1. The van der Waals surface area contributed by atoms with E-state index in [1.165, 1.54) is 34.6 Å². The Morgan fingerprint density at radius 3 is 2.12 bits per heavy atom. The Balaban J connectivity index is 1.49. The lowest BCUT2D eigenvalue weighted by molar-refractivity contribution is 0.182. The number of fused-ring (bicyclic) bond motifs is 1. The molecule has 0 aliphatic carbocycles. The molecule has 0 amide bonds. The van der Waals surface area contributed by atoms with Crippen molar-refractivity contribution in [2.24, 2.45) is 5.14 Å². The fraction of sp³-hybridized carbons (Fsp3) is 0.318. The number of nitrogens with two attached hydrogens (primary N) is 1. The van der Waals surface area contributed by atoms with Gasteiger partial charge < -0.3 is 4.42 Å². The highest BCUT2D eigenvalue weighted by Crippen LogP contribution is 2.25. The quantitative estimate of drug-likeness (QED) is 0.536. The molecule has 2 aromatic carbocycles. The summed E-state index contributed by atoms with van der Waals surface area (Å²) in [7, 11) is -7.66. The van der Waals surface area contributed by atoms with Crippen LogP contribution in [0.15, 0.2) is 61.5 Å². The van der Waals surface area contributed by atoms with Crippen LogP contribution in [0.2, 0.25) is 0 Å². The van der Waals surface area contributed by atoms with E-state index in [0.717, 1.165) is 22.1 Å². The molecule has 0 unspecified atom stereocenters. The predicted molar refractivity (Wildman–Crippen MR) is 124 cm³/mol. The van der Waals surface area contributed by atoms with Crippen molar-refractivity contribution in [3.05, 3.63) is 69.6 Å². The SMILES string of the molecule is Cc1ccc2c(CN3CCN(S(=O)(=O)c4ccc(S(N)(=O)=O)cc4)CC3)cc(=O)oc2c1C. The third kappa shape index (κ3) is 4.73. The van der Waals surface area contributed by atoms with Crippen molar-refractivity contribution < 1.29 is 21.3 Å². The van der Waals surface area contributed by atoms with E-state index in [9.17, 15) is 21.6 Å². The molecule has 0 bridgehead atoms. The second kappa shape index (κ2) is 8.65. The summed E-state index contributed by atoms with van der Waals surface area (Å²) in [5.41, 5.74) is 2.99. The standard InChI is InChI=1S/C22H25N3O6S2/c1-15-3-8-20-17(13-21(26)31-22(20)16(15)2)14-24-9-11-25(12-10-24)33(29,30)19-6-4-18(5-7-19)32(23,27)28/h3-8,13H,9-12,14H2,1-2H3,(H2,23,27,28). The van der Waals surface area contributed by atoms with Crippen molar-refractivity contribution in [1.29, 1.82) is 0 Å². The molecule has 1 aromatic heterocycles. The van der Waals surface area contributed by atoms with E-state index in [2.05, 4.69) is 4.90 Å². The minimum Gasteiger partial charge on any atom is -0.422 e. The molecule has 3 aromatic rings. The molecule has 0 spiro atoms. The highest BCUT2D eigenvalue weighted by Gasteiger charge is 2.29. The van der Waals surface area contributed by atoms with E-state index >= 15 is 0 Å². The van der Waals surface area contributed by atoms with Crippen molar-refractivity contribution in [3.8, 4) is 0 Å². The normalized spacial score (nSPS) is 16.3. The number of nitrogens with zero attached hydrogens (tertiary/aromatic N) is 2. The van der Waals surface area contributed by atoms with Gasteiger partial charge in [-0.1, -0.05) is 12.1 Å². The summed E-state index contributed by atoms with van der Waals surface area (Å²) in [4.78, 5) is 14.1. The van der Waals surface area contributed by atoms with Crippen LogP contribution in [-0.4, -0.2) is 52.2 Å². The highest BCUT2D eigenvalue weighted by atomic mass is 32.2. The molecular formula is C22H25N3O6S2. The summed E-state index contributed by atoms with van der Waals surface area (Å²) in [6.45, 7) is 5.91. The average molecular weight is 492 g/mol. The van der Waals surface area contributed by atoms with Gasteiger partial charge in [0, 0.05) is 44.2 Å². The number of rotatable bonds is 5. The Bertz CT molecular complexity index is 1470. The maximum Gasteiger partial charge on any atom is 0.336 e. The zero-order valence-electron chi connectivity index (χ0n) is 18.3. The van der Waals surface area contributed by atoms with Crippen LogP contribution in [0.3, 0.4) is 0 Å². The summed E-state index contributed by atoms with van der Waals surface area (Å²) in [6, 6.07) is 10.3. The first-order chi connectivity index (χ1) is 15.5. The van der Waals surface area contributed by atoms with Gasteiger partial charge in [0.25, 0.3) is 0 Å². The van der Waals surface area contributed by atoms with Gasteiger partial charge >= 0.3 is 5.63 Å². The summed E-state index contributed by atoms with van der Waals surface area (Å²) >= 11 is 0. The topological polar surface area (TPSA) is 131 Å². The first-order valence-corrected chi connectivity index (χ1v) is 13.3. The molecule has 176 valence electrons. The largest absolute Gasteiger partial charge is 0.422 e. The van der Waals surface area contributed by atoms with Crippen LogP contribution in [0.5, 0.6) is 0 Å². The third-order valence-electron chi connectivity index (χ3n) is 6.03. The van der Waals surface area contributed by atoms with Crippen molar-refractivity contribution in [1.82, 2.24) is 9.21 Å². The second-order valence-corrected chi connectivity index (χ2v) is 11.7. The summed E-state index contributed by atoms with van der Waals surface area (Å²) in [5.74, 6) is 0. The van der Waals surface area contributed by atoms with Crippen LogP contribution in [0.4, 0.5) is 0 Å². The third-order valence-corrected chi connectivity index (χ3v) is 8.87. The van der Waals surface area contributed by atoms with Crippen molar-refractivity contribution in [2.45, 2.75) is 30.2 Å². The van der Waals surface area contributed by atoms with Crippen molar-refractivity contribution in [3.63, 3.8) is 0 Å². The van der Waals surface area contributed by atoms with E-state index < -0.39 is 25.7 Å². The lowest BCUT2D eigenvalue weighted by Gasteiger charge is -2.34. The molecule has 1 aliphatic rings. The second-order valence-electron chi connectivity index (χ2n) is 8.17. The Hall–Kier alpha value is -2.57. The van der Waals surface area contributed by atoms with Gasteiger partial charge in [-0.2, -0.15) is 4.31 Å². The van der Waals surface area contributed by atoms with Gasteiger partial charge in [0.05, 0.1) is 9.79 Å². The first kappa shape index (κ1) is 23.6. The molecule has 2 N–H and O–H groups in total. The smallest absolute Gasteiger partial charge is 0.336 e. The molecular weight excluding hydrogens is 466 g/mol. The lowest BCUT2D eigenvalue weighted by Crippen LogP contribution is -2.48. The molecule has 1 saturated heterocycles. The van der Waals surface area contributed by atoms with Crippen LogP contribution < -0.4 is 10.8 Å². The Kier molecular flexibility index (Phi) is 6.18. The maximum absolute atomic E-state index is 13.0. The first-order valence-electron chi connectivity index (χ1n) is 10.3. The highest BCUT2D eigenvalue weighted by molar-refractivity contribution is 7.89. The summed E-state index contributed by atoms with van der Waals surface area (Å²) < 4.78 is 55.6. The summed E-state index contributed by atoms with van der Waals surface area (Å²) in [6.07, 6.45) is 0. The van der Waals surface area contributed by atoms with E-state index in [1.807, 2.05) is 26.0 Å². The lowest BCUT2D eigenvalue weighted by atomic mass is 10.0. The Morgan fingerprint density at radius 2 is 1.52 bits per heavy atom. The molecule has 0 saturated carbocycles. The number of hydrogen-bond acceptors (Lipinski definition) is 7. The zero-order valence-corrected chi connectivity index (χ0v) is 19.9. The van der Waals surface area contributed by atoms with Gasteiger partial charge in [0.15, 0.2) is 0 Å². The molecule has 0 radical (unpaired) electrons. The molecule has 0 atom stereocenters. The fourth-order valence-corrected chi connectivity index (χ4v) is 5.91. The van der Waals surface area contributed by atoms with Gasteiger partial charge in [-0.25, -0.2) is 26.8 Å². The number of benzene rings is 2. The van der Waals surface area contributed by atoms with Crippen LogP contribution >= 0.6 is 0 Å². The van der Waals surface area contributed by atoms with E-state index in [0.29, 0.717) is 25.2 Å². The number of aryl methyl sites for hydroxylation is 2. The minimum atomic E-state index is -3.89. The van der Waals surface area contributed by atoms with E-state index in [-0.39, 0.29) is 22.9 Å². The fourth-order valence-electron chi connectivity index (χ4n) is 3.97. The minimum absolute atomic E-state index is 0.0147. The van der Waals surface area contributed by atoms with Gasteiger partial charge in [0.1, 0.15) is 5.58 Å². The Labute approximate surface area is 192 Å². The average Bonchev–Trinajstić information content (AvgIpc) is 2.76. The maximum atomic E-state index is 13.0. The monoisotopic (exact) mass is 491 g/mol. The molecule has 33 heavy (non-hydrogen) atoms. The van der Waals surface area contributed by atoms with Crippen LogP contribution in [-0.2, 0) is 26.6 Å². The number of sulfonamides is 2. The van der Waals surface area contributed by atoms with Gasteiger partial charge in [-0.05, 0) is 54.8 Å². The molecule has 9 nitrogen and oxygen atoms in total. The van der Waals surface area contributed by atoms with Gasteiger partial charge in [-0.3, -0.25) is 4.90 Å². The van der Waals surface area contributed by atoms with Crippen LogP contribution in [0.25, 0.3) is 11.0 Å². The van der Waals surface area contributed by atoms with Gasteiger partial charge in [0.2, 0.25) is 20.0 Å². The Morgan fingerprint density at radius 1 is 0.909 bits per heavy atom. The summed E-state index contributed by atoms with van der Waals surface area (Å²) in [5, 5.41) is 5.96. The molecule has 1 fully saturated rings. The molecule has 2 heterocycles. The van der Waals surface area contributed by atoms with E-state index in [1.54, 1.807) is 0 Å². The zero-order chi connectivity index (χ0) is 24.0. The van der Waals surface area contributed by atoms with Gasteiger partial charge in [-0.15, -0.1) is 0 Å². The predicted octanol–water partition coefficient (Wildman–Crippen LogP) is 1.56. The number of primary sulfonamides is 1. The molecule has 4 rings (SSSR count). The van der Waals surface area contributed by atoms with Crippen molar-refractivity contribution in [2.75, 3.05) is 26.2 Å². The van der Waals surface area contributed by atoms with E-state index in [4.69, 9.17) is 9.56 Å².